The Kier molecular flexibility index (Phi) is 6.15. The first kappa shape index (κ1) is 15.9. The van der Waals surface area contributed by atoms with Crippen LogP contribution in [0.4, 0.5) is 0 Å². The van der Waals surface area contributed by atoms with Crippen molar-refractivity contribution in [1.29, 1.82) is 0 Å². The lowest BCUT2D eigenvalue weighted by molar-refractivity contribution is 0.406. The number of ether oxygens (including phenoxy) is 1. The third-order valence-corrected chi connectivity index (χ3v) is 4.28. The van der Waals surface area contributed by atoms with E-state index in [2.05, 4.69) is 54.9 Å². The van der Waals surface area contributed by atoms with Crippen LogP contribution in [0.15, 0.2) is 53.4 Å². The van der Waals surface area contributed by atoms with Crippen LogP contribution in [0.5, 0.6) is 5.75 Å². The second-order valence-corrected chi connectivity index (χ2v) is 6.03. The van der Waals surface area contributed by atoms with E-state index in [-0.39, 0.29) is 0 Å². The zero-order chi connectivity index (χ0) is 15.1. The maximum atomic E-state index is 5.40. The van der Waals surface area contributed by atoms with Crippen molar-refractivity contribution in [2.24, 2.45) is 0 Å². The number of para-hydroxylation sites is 1. The molecule has 0 aromatic heterocycles. The van der Waals surface area contributed by atoms with Gasteiger partial charge < -0.3 is 10.1 Å². The highest BCUT2D eigenvalue weighted by Crippen LogP contribution is 2.19. The van der Waals surface area contributed by atoms with Crippen LogP contribution in [0.1, 0.15) is 18.1 Å². The van der Waals surface area contributed by atoms with E-state index in [1.807, 2.05) is 12.1 Å². The molecule has 0 heterocycles. The van der Waals surface area contributed by atoms with Crippen LogP contribution in [0.3, 0.4) is 0 Å². The van der Waals surface area contributed by atoms with Gasteiger partial charge in [0.1, 0.15) is 5.75 Å². The van der Waals surface area contributed by atoms with Crippen LogP contribution in [0, 0.1) is 0 Å². The summed E-state index contributed by atoms with van der Waals surface area (Å²) in [6, 6.07) is 17.3. The molecule has 0 radical (unpaired) electrons. The Morgan fingerprint density at radius 3 is 2.48 bits per heavy atom. The number of rotatable bonds is 7. The van der Waals surface area contributed by atoms with E-state index in [1.165, 1.54) is 16.0 Å². The van der Waals surface area contributed by atoms with Crippen LogP contribution < -0.4 is 10.1 Å². The molecule has 0 bridgehead atoms. The van der Waals surface area contributed by atoms with Gasteiger partial charge in [-0.2, -0.15) is 0 Å². The molecule has 2 aromatic carbocycles. The average Bonchev–Trinajstić information content (AvgIpc) is 2.54. The average molecular weight is 301 g/mol. The molecule has 0 saturated carbocycles. The van der Waals surface area contributed by atoms with Crippen molar-refractivity contribution in [3.63, 3.8) is 0 Å². The SMILES string of the molecule is COc1ccccc1CC(C)NCc1ccc(SC)cc1. The van der Waals surface area contributed by atoms with Crippen LogP contribution in [0.25, 0.3) is 0 Å². The normalized spacial score (nSPS) is 12.1. The molecule has 112 valence electrons. The standard InChI is InChI=1S/C18H23NOS/c1-14(12-16-6-4-5-7-18(16)20-2)19-13-15-8-10-17(21-3)11-9-15/h4-11,14,19H,12-13H2,1-3H3. The lowest BCUT2D eigenvalue weighted by Gasteiger charge is -2.16. The van der Waals surface area contributed by atoms with Gasteiger partial charge in [-0.1, -0.05) is 30.3 Å². The molecule has 0 aliphatic rings. The molecule has 0 aliphatic heterocycles. The van der Waals surface area contributed by atoms with E-state index in [1.54, 1.807) is 18.9 Å². The molecule has 2 nitrogen and oxygen atoms in total. The quantitative estimate of drug-likeness (QED) is 0.777. The fourth-order valence-electron chi connectivity index (χ4n) is 2.31. The van der Waals surface area contributed by atoms with Crippen molar-refractivity contribution in [1.82, 2.24) is 5.32 Å². The summed E-state index contributed by atoms with van der Waals surface area (Å²) in [5, 5.41) is 3.57. The molecule has 21 heavy (non-hydrogen) atoms. The van der Waals surface area contributed by atoms with Gasteiger partial charge in [-0.15, -0.1) is 11.8 Å². The molecule has 3 heteroatoms. The maximum Gasteiger partial charge on any atom is 0.122 e. The molecule has 0 amide bonds. The minimum Gasteiger partial charge on any atom is -0.496 e. The number of methoxy groups -OCH3 is 1. The molecular weight excluding hydrogens is 278 g/mol. The monoisotopic (exact) mass is 301 g/mol. The van der Waals surface area contributed by atoms with Crippen molar-refractivity contribution in [2.75, 3.05) is 13.4 Å². The van der Waals surface area contributed by atoms with Gasteiger partial charge in [0.05, 0.1) is 7.11 Å². The largest absolute Gasteiger partial charge is 0.496 e. The molecule has 1 N–H and O–H groups in total. The van der Waals surface area contributed by atoms with Gasteiger partial charge >= 0.3 is 0 Å². The van der Waals surface area contributed by atoms with Gasteiger partial charge in [0.2, 0.25) is 0 Å². The van der Waals surface area contributed by atoms with Crippen molar-refractivity contribution in [3.8, 4) is 5.75 Å². The highest BCUT2D eigenvalue weighted by atomic mass is 32.2. The van der Waals surface area contributed by atoms with Crippen molar-refractivity contribution in [2.45, 2.75) is 30.8 Å². The fraction of sp³-hybridized carbons (Fsp3) is 0.333. The lowest BCUT2D eigenvalue weighted by Crippen LogP contribution is -2.27. The lowest BCUT2D eigenvalue weighted by atomic mass is 10.1. The molecule has 0 fully saturated rings. The Balaban J connectivity index is 1.87. The molecule has 1 atom stereocenters. The molecule has 0 aliphatic carbocycles. The summed E-state index contributed by atoms with van der Waals surface area (Å²) in [7, 11) is 1.73. The van der Waals surface area contributed by atoms with Gasteiger partial charge in [-0.3, -0.25) is 0 Å². The van der Waals surface area contributed by atoms with Crippen LogP contribution in [-0.4, -0.2) is 19.4 Å². The maximum absolute atomic E-state index is 5.40. The van der Waals surface area contributed by atoms with E-state index in [9.17, 15) is 0 Å². The first-order valence-electron chi connectivity index (χ1n) is 7.21. The molecule has 2 aromatic rings. The third-order valence-electron chi connectivity index (χ3n) is 3.53. The predicted octanol–water partition coefficient (Wildman–Crippen LogP) is 4.14. The van der Waals surface area contributed by atoms with Crippen molar-refractivity contribution in [3.05, 3.63) is 59.7 Å². The van der Waals surface area contributed by atoms with E-state index in [0.717, 1.165) is 18.7 Å². The van der Waals surface area contributed by atoms with Gasteiger partial charge in [0, 0.05) is 17.5 Å². The van der Waals surface area contributed by atoms with Crippen molar-refractivity contribution >= 4 is 11.8 Å². The van der Waals surface area contributed by atoms with Crippen LogP contribution >= 0.6 is 11.8 Å². The Bertz CT molecular complexity index is 553. The summed E-state index contributed by atoms with van der Waals surface area (Å²) in [5.74, 6) is 0.968. The highest BCUT2D eigenvalue weighted by Gasteiger charge is 2.07. The topological polar surface area (TPSA) is 21.3 Å². The molecule has 2 rings (SSSR count). The minimum absolute atomic E-state index is 0.404. The number of hydrogen-bond acceptors (Lipinski definition) is 3. The first-order valence-corrected chi connectivity index (χ1v) is 8.43. The van der Waals surface area contributed by atoms with Crippen LogP contribution in [-0.2, 0) is 13.0 Å². The molecule has 0 spiro atoms. The highest BCUT2D eigenvalue weighted by molar-refractivity contribution is 7.98. The number of thioether (sulfide) groups is 1. The number of benzene rings is 2. The molecule has 1 unspecified atom stereocenters. The van der Waals surface area contributed by atoms with E-state index in [4.69, 9.17) is 4.74 Å². The van der Waals surface area contributed by atoms with Crippen molar-refractivity contribution < 1.29 is 4.74 Å². The Morgan fingerprint density at radius 2 is 1.81 bits per heavy atom. The molecular formula is C18H23NOS. The minimum atomic E-state index is 0.404. The Labute approximate surface area is 131 Å². The summed E-state index contributed by atoms with van der Waals surface area (Å²) in [6.45, 7) is 3.10. The van der Waals surface area contributed by atoms with E-state index in [0.29, 0.717) is 6.04 Å². The third kappa shape index (κ3) is 4.80. The van der Waals surface area contributed by atoms with Crippen LogP contribution in [0.2, 0.25) is 0 Å². The fourth-order valence-corrected chi connectivity index (χ4v) is 2.72. The first-order chi connectivity index (χ1) is 10.2. The zero-order valence-electron chi connectivity index (χ0n) is 12.9. The van der Waals surface area contributed by atoms with Gasteiger partial charge in [-0.25, -0.2) is 0 Å². The van der Waals surface area contributed by atoms with Gasteiger partial charge in [0.25, 0.3) is 0 Å². The Morgan fingerprint density at radius 1 is 1.10 bits per heavy atom. The van der Waals surface area contributed by atoms with Gasteiger partial charge in [0.15, 0.2) is 0 Å². The van der Waals surface area contributed by atoms with E-state index >= 15 is 0 Å². The summed E-state index contributed by atoms with van der Waals surface area (Å²) in [6.07, 6.45) is 3.06. The summed E-state index contributed by atoms with van der Waals surface area (Å²) < 4.78 is 5.40. The van der Waals surface area contributed by atoms with Gasteiger partial charge in [-0.05, 0) is 48.9 Å². The molecule has 0 saturated heterocycles. The summed E-state index contributed by atoms with van der Waals surface area (Å²) in [4.78, 5) is 1.31. The zero-order valence-corrected chi connectivity index (χ0v) is 13.7. The smallest absolute Gasteiger partial charge is 0.122 e. The number of hydrogen-bond donors (Lipinski definition) is 1. The number of nitrogens with one attached hydrogen (secondary N) is 1. The summed E-state index contributed by atoms with van der Waals surface area (Å²) in [5.41, 5.74) is 2.57. The Hall–Kier alpha value is -1.45. The summed E-state index contributed by atoms with van der Waals surface area (Å²) >= 11 is 1.77. The second kappa shape index (κ2) is 8.11. The van der Waals surface area contributed by atoms with E-state index < -0.39 is 0 Å². The predicted molar refractivity (Wildman–Crippen MR) is 91.2 cm³/mol. The second-order valence-electron chi connectivity index (χ2n) is 5.15.